The molecular weight excluding hydrogens is 350 g/mol. The summed E-state index contributed by atoms with van der Waals surface area (Å²) in [7, 11) is 0. The molecule has 0 amide bonds. The summed E-state index contributed by atoms with van der Waals surface area (Å²) >= 11 is 0. The predicted molar refractivity (Wildman–Crippen MR) is 114 cm³/mol. The maximum atomic E-state index is 10.3. The second kappa shape index (κ2) is 8.78. The van der Waals surface area contributed by atoms with Gasteiger partial charge in [0.05, 0.1) is 11.5 Å². The Morgan fingerprint density at radius 1 is 1.21 bits per heavy atom. The Bertz CT molecular complexity index is 767. The number of aliphatic hydroxyl groups is 1. The smallest absolute Gasteiger partial charge is 0.145 e. The predicted octanol–water partition coefficient (Wildman–Crippen LogP) is 3.05. The number of nitrogens with one attached hydrogen (secondary N) is 1. The number of β-amino-alcohol motifs (C(OH)–C–C–N with tert-alkyl or cyclic N) is 1. The van der Waals surface area contributed by atoms with Gasteiger partial charge >= 0.3 is 0 Å². The molecule has 2 atom stereocenters. The quantitative estimate of drug-likeness (QED) is 0.800. The third kappa shape index (κ3) is 4.18. The van der Waals surface area contributed by atoms with Crippen LogP contribution < -0.4 is 10.2 Å². The Morgan fingerprint density at radius 3 is 2.79 bits per heavy atom. The minimum Gasteiger partial charge on any atom is -0.391 e. The van der Waals surface area contributed by atoms with Crippen LogP contribution in [0.1, 0.15) is 46.0 Å². The summed E-state index contributed by atoms with van der Waals surface area (Å²) in [6.07, 6.45) is 9.92. The van der Waals surface area contributed by atoms with Gasteiger partial charge in [-0.25, -0.2) is 9.97 Å². The molecule has 2 N–H and O–H groups in total. The van der Waals surface area contributed by atoms with E-state index in [4.69, 9.17) is 0 Å². The molecule has 28 heavy (non-hydrogen) atoms. The summed E-state index contributed by atoms with van der Waals surface area (Å²) in [5.41, 5.74) is 0.992. The van der Waals surface area contributed by atoms with Crippen molar-refractivity contribution in [3.05, 3.63) is 18.6 Å². The van der Waals surface area contributed by atoms with E-state index in [1.807, 2.05) is 0 Å². The topological polar surface area (TPSA) is 66.2 Å². The highest BCUT2D eigenvalue weighted by Crippen LogP contribution is 2.31. The first-order chi connectivity index (χ1) is 13.7. The zero-order valence-corrected chi connectivity index (χ0v) is 17.3. The van der Waals surface area contributed by atoms with Gasteiger partial charge in [-0.3, -0.25) is 0 Å². The molecule has 2 aliphatic rings. The van der Waals surface area contributed by atoms with E-state index in [2.05, 4.69) is 50.9 Å². The first kappa shape index (κ1) is 19.6. The van der Waals surface area contributed by atoms with Gasteiger partial charge in [-0.1, -0.05) is 19.8 Å². The van der Waals surface area contributed by atoms with Crippen LogP contribution >= 0.6 is 0 Å². The molecule has 0 unspecified atom stereocenters. The molecule has 0 spiro atoms. The SMILES string of the molecule is CCN(C[C@H]1CC[C@H](C)CC1)c1ncnc2c1ccn2C[C@@H]1CCNC[C@H]1O. The molecule has 1 aliphatic heterocycles. The number of piperidine rings is 1. The van der Waals surface area contributed by atoms with E-state index in [-0.39, 0.29) is 12.0 Å². The summed E-state index contributed by atoms with van der Waals surface area (Å²) in [5, 5.41) is 14.7. The highest BCUT2D eigenvalue weighted by atomic mass is 16.3. The number of aromatic nitrogens is 3. The average Bonchev–Trinajstić information content (AvgIpc) is 3.12. The molecule has 2 aromatic rings. The van der Waals surface area contributed by atoms with Gasteiger partial charge < -0.3 is 19.9 Å². The van der Waals surface area contributed by atoms with Crippen LogP contribution in [0, 0.1) is 17.8 Å². The summed E-state index contributed by atoms with van der Waals surface area (Å²) in [5.74, 6) is 3.00. The zero-order chi connectivity index (χ0) is 19.5. The van der Waals surface area contributed by atoms with Gasteiger partial charge in [0.2, 0.25) is 0 Å². The highest BCUT2D eigenvalue weighted by molar-refractivity contribution is 5.87. The Kier molecular flexibility index (Phi) is 6.16. The third-order valence-corrected chi connectivity index (χ3v) is 6.85. The number of nitrogens with zero attached hydrogens (tertiary/aromatic N) is 4. The molecule has 3 heterocycles. The van der Waals surface area contributed by atoms with Crippen molar-refractivity contribution < 1.29 is 5.11 Å². The molecule has 1 saturated heterocycles. The maximum Gasteiger partial charge on any atom is 0.145 e. The summed E-state index contributed by atoms with van der Waals surface area (Å²) in [6.45, 7) is 9.14. The number of fused-ring (bicyclic) bond motifs is 1. The normalized spacial score (nSPS) is 28.5. The molecule has 2 fully saturated rings. The van der Waals surface area contributed by atoms with Gasteiger partial charge in [0.25, 0.3) is 0 Å². The Balaban J connectivity index is 1.53. The molecule has 6 heteroatoms. The lowest BCUT2D eigenvalue weighted by atomic mass is 9.83. The standard InChI is InChI=1S/C22H35N5O/c1-3-26(13-17-6-4-16(2)5-7-17)21-19-9-11-27(22(19)25-15-24-21)14-18-8-10-23-12-20(18)28/h9,11,15-18,20,23,28H,3-8,10,12-14H2,1-2H3/t16-,17-,18-,20+/m0/s1. The first-order valence-electron chi connectivity index (χ1n) is 11.1. The number of hydrogen-bond donors (Lipinski definition) is 2. The lowest BCUT2D eigenvalue weighted by Crippen LogP contribution is -2.42. The van der Waals surface area contributed by atoms with Crippen LogP contribution in [0.25, 0.3) is 11.0 Å². The fraction of sp³-hybridized carbons (Fsp3) is 0.727. The monoisotopic (exact) mass is 385 g/mol. The lowest BCUT2D eigenvalue weighted by molar-refractivity contribution is 0.0729. The third-order valence-electron chi connectivity index (χ3n) is 6.85. The largest absolute Gasteiger partial charge is 0.391 e. The lowest BCUT2D eigenvalue weighted by Gasteiger charge is -2.32. The molecule has 2 aromatic heterocycles. The van der Waals surface area contributed by atoms with Crippen molar-refractivity contribution in [3.8, 4) is 0 Å². The van der Waals surface area contributed by atoms with Crippen LogP contribution in [0.15, 0.2) is 18.6 Å². The van der Waals surface area contributed by atoms with E-state index in [0.29, 0.717) is 6.54 Å². The van der Waals surface area contributed by atoms with Crippen molar-refractivity contribution in [1.82, 2.24) is 19.9 Å². The molecule has 0 aromatic carbocycles. The van der Waals surface area contributed by atoms with E-state index < -0.39 is 0 Å². The number of hydrogen-bond acceptors (Lipinski definition) is 5. The average molecular weight is 386 g/mol. The van der Waals surface area contributed by atoms with Crippen LogP contribution in [-0.2, 0) is 6.54 Å². The number of aliphatic hydroxyl groups excluding tert-OH is 1. The number of anilines is 1. The molecule has 1 aliphatic carbocycles. The van der Waals surface area contributed by atoms with E-state index in [9.17, 15) is 5.11 Å². The van der Waals surface area contributed by atoms with Crippen molar-refractivity contribution in [3.63, 3.8) is 0 Å². The van der Waals surface area contributed by atoms with Gasteiger partial charge in [0.1, 0.15) is 17.8 Å². The number of rotatable bonds is 6. The fourth-order valence-corrected chi connectivity index (χ4v) is 4.94. The van der Waals surface area contributed by atoms with E-state index >= 15 is 0 Å². The minimum atomic E-state index is -0.284. The van der Waals surface area contributed by atoms with Crippen LogP contribution in [0.4, 0.5) is 5.82 Å². The molecule has 1 saturated carbocycles. The molecule has 0 bridgehead atoms. The first-order valence-corrected chi connectivity index (χ1v) is 11.1. The van der Waals surface area contributed by atoms with Gasteiger partial charge in [-0.2, -0.15) is 0 Å². The van der Waals surface area contributed by atoms with Crippen molar-refractivity contribution in [2.24, 2.45) is 17.8 Å². The molecular formula is C22H35N5O. The minimum absolute atomic E-state index is 0.279. The maximum absolute atomic E-state index is 10.3. The fourth-order valence-electron chi connectivity index (χ4n) is 4.94. The Morgan fingerprint density at radius 2 is 2.04 bits per heavy atom. The summed E-state index contributed by atoms with van der Waals surface area (Å²) in [6, 6.07) is 2.16. The van der Waals surface area contributed by atoms with Crippen molar-refractivity contribution in [1.29, 1.82) is 0 Å². The van der Waals surface area contributed by atoms with Crippen LogP contribution in [-0.4, -0.2) is 51.9 Å². The van der Waals surface area contributed by atoms with Gasteiger partial charge in [-0.15, -0.1) is 0 Å². The van der Waals surface area contributed by atoms with Crippen LogP contribution in [0.5, 0.6) is 0 Å². The van der Waals surface area contributed by atoms with Gasteiger partial charge in [0.15, 0.2) is 0 Å². The zero-order valence-electron chi connectivity index (χ0n) is 17.3. The van der Waals surface area contributed by atoms with Crippen molar-refractivity contribution in [2.75, 3.05) is 31.1 Å². The van der Waals surface area contributed by atoms with E-state index in [0.717, 1.165) is 61.3 Å². The second-order valence-electron chi connectivity index (χ2n) is 8.89. The molecule has 6 nitrogen and oxygen atoms in total. The molecule has 0 radical (unpaired) electrons. The van der Waals surface area contributed by atoms with E-state index in [1.54, 1.807) is 6.33 Å². The highest BCUT2D eigenvalue weighted by Gasteiger charge is 2.25. The molecule has 154 valence electrons. The van der Waals surface area contributed by atoms with Crippen LogP contribution in [0.2, 0.25) is 0 Å². The van der Waals surface area contributed by atoms with Crippen molar-refractivity contribution >= 4 is 16.9 Å². The van der Waals surface area contributed by atoms with Crippen LogP contribution in [0.3, 0.4) is 0 Å². The summed E-state index contributed by atoms with van der Waals surface area (Å²) in [4.78, 5) is 11.7. The van der Waals surface area contributed by atoms with Crippen molar-refractivity contribution in [2.45, 2.75) is 58.6 Å². The summed E-state index contributed by atoms with van der Waals surface area (Å²) < 4.78 is 2.20. The van der Waals surface area contributed by atoms with Gasteiger partial charge in [-0.05, 0) is 50.6 Å². The van der Waals surface area contributed by atoms with Gasteiger partial charge in [0, 0.05) is 38.3 Å². The molecule has 4 rings (SSSR count). The Hall–Kier alpha value is -1.66. The van der Waals surface area contributed by atoms with E-state index in [1.165, 1.54) is 25.7 Å². The second-order valence-corrected chi connectivity index (χ2v) is 8.89. The Labute approximate surface area is 168 Å².